The van der Waals surface area contributed by atoms with E-state index >= 15 is 0 Å². The summed E-state index contributed by atoms with van der Waals surface area (Å²) < 4.78 is 14.2. The molecular formula is C12H9BrFN. The molecule has 0 aliphatic rings. The monoisotopic (exact) mass is 265 g/mol. The summed E-state index contributed by atoms with van der Waals surface area (Å²) in [6.45, 7) is 1.93. The summed E-state index contributed by atoms with van der Waals surface area (Å²) in [5, 5.41) is 0. The first kappa shape index (κ1) is 10.3. The Morgan fingerprint density at radius 3 is 2.73 bits per heavy atom. The Morgan fingerprint density at radius 2 is 2.00 bits per heavy atom. The van der Waals surface area contributed by atoms with E-state index in [-0.39, 0.29) is 5.82 Å². The molecule has 0 bridgehead atoms. The van der Waals surface area contributed by atoms with Gasteiger partial charge in [0.25, 0.3) is 0 Å². The number of hydrogen-bond acceptors (Lipinski definition) is 1. The highest BCUT2D eigenvalue weighted by atomic mass is 79.9. The van der Waals surface area contributed by atoms with Crippen molar-refractivity contribution in [3.8, 4) is 11.3 Å². The molecule has 0 N–H and O–H groups in total. The summed E-state index contributed by atoms with van der Waals surface area (Å²) in [6, 6.07) is 10.5. The molecule has 15 heavy (non-hydrogen) atoms. The highest BCUT2D eigenvalue weighted by molar-refractivity contribution is 9.10. The van der Waals surface area contributed by atoms with Crippen LogP contribution < -0.4 is 0 Å². The smallest absolute Gasteiger partial charge is 0.132 e. The van der Waals surface area contributed by atoms with Gasteiger partial charge in [0, 0.05) is 5.56 Å². The van der Waals surface area contributed by atoms with Crippen LogP contribution in [0.5, 0.6) is 0 Å². The maximum Gasteiger partial charge on any atom is 0.132 e. The average molecular weight is 266 g/mol. The molecule has 2 rings (SSSR count). The molecule has 0 saturated heterocycles. The van der Waals surface area contributed by atoms with Crippen molar-refractivity contribution in [2.45, 2.75) is 6.92 Å². The Balaban J connectivity index is 2.58. The predicted octanol–water partition coefficient (Wildman–Crippen LogP) is 3.96. The van der Waals surface area contributed by atoms with Gasteiger partial charge in [0.15, 0.2) is 0 Å². The third-order valence-corrected chi connectivity index (χ3v) is 2.55. The molecule has 0 saturated carbocycles. The van der Waals surface area contributed by atoms with Crippen molar-refractivity contribution < 1.29 is 4.39 Å². The van der Waals surface area contributed by atoms with Crippen LogP contribution in [-0.2, 0) is 0 Å². The minimum atomic E-state index is -0.244. The van der Waals surface area contributed by atoms with Crippen LogP contribution in [0.25, 0.3) is 11.3 Å². The molecule has 1 aromatic carbocycles. The van der Waals surface area contributed by atoms with Crippen molar-refractivity contribution in [1.29, 1.82) is 0 Å². The van der Waals surface area contributed by atoms with Crippen molar-refractivity contribution in [2.75, 3.05) is 0 Å². The van der Waals surface area contributed by atoms with Crippen molar-refractivity contribution in [1.82, 2.24) is 4.98 Å². The summed E-state index contributed by atoms with van der Waals surface area (Å²) in [5.74, 6) is -0.244. The summed E-state index contributed by atoms with van der Waals surface area (Å²) in [5.41, 5.74) is 2.20. The fourth-order valence-corrected chi connectivity index (χ4v) is 1.74. The number of nitrogens with zero attached hydrogens (tertiary/aromatic N) is 1. The van der Waals surface area contributed by atoms with Crippen molar-refractivity contribution in [3.05, 3.63) is 52.4 Å². The van der Waals surface area contributed by atoms with Crippen LogP contribution in [0.15, 0.2) is 41.0 Å². The number of aromatic nitrogens is 1. The molecule has 0 radical (unpaired) electrons. The van der Waals surface area contributed by atoms with Gasteiger partial charge in [-0.2, -0.15) is 0 Å². The summed E-state index contributed by atoms with van der Waals surface area (Å²) in [6.07, 6.45) is 0. The van der Waals surface area contributed by atoms with Gasteiger partial charge < -0.3 is 0 Å². The lowest BCUT2D eigenvalue weighted by molar-refractivity contribution is 0.630. The van der Waals surface area contributed by atoms with Gasteiger partial charge in [-0.3, -0.25) is 0 Å². The lowest BCUT2D eigenvalue weighted by Gasteiger charge is -2.04. The zero-order chi connectivity index (χ0) is 10.8. The van der Waals surface area contributed by atoms with Crippen molar-refractivity contribution in [3.63, 3.8) is 0 Å². The number of halogens is 2. The van der Waals surface area contributed by atoms with E-state index in [1.165, 1.54) is 6.07 Å². The van der Waals surface area contributed by atoms with Gasteiger partial charge in [-0.05, 0) is 47.1 Å². The summed E-state index contributed by atoms with van der Waals surface area (Å²) >= 11 is 3.27. The standard InChI is InChI=1S/C12H9BrFN/c1-8-5-6-10(14)9(7-8)11-3-2-4-12(13)15-11/h2-7H,1H3. The number of pyridine rings is 1. The van der Waals surface area contributed by atoms with Crippen molar-refractivity contribution in [2.24, 2.45) is 0 Å². The molecular weight excluding hydrogens is 257 g/mol. The highest BCUT2D eigenvalue weighted by Gasteiger charge is 2.06. The maximum absolute atomic E-state index is 13.5. The van der Waals surface area contributed by atoms with Crippen LogP contribution >= 0.6 is 15.9 Å². The maximum atomic E-state index is 13.5. The van der Waals surface area contributed by atoms with E-state index in [0.717, 1.165) is 5.56 Å². The molecule has 0 unspecified atom stereocenters. The quantitative estimate of drug-likeness (QED) is 0.712. The van der Waals surface area contributed by atoms with Gasteiger partial charge in [-0.1, -0.05) is 17.7 Å². The molecule has 0 spiro atoms. The highest BCUT2D eigenvalue weighted by Crippen LogP contribution is 2.23. The fourth-order valence-electron chi connectivity index (χ4n) is 1.39. The third kappa shape index (κ3) is 2.23. The minimum Gasteiger partial charge on any atom is -0.241 e. The number of benzene rings is 1. The topological polar surface area (TPSA) is 12.9 Å². The Morgan fingerprint density at radius 1 is 1.20 bits per heavy atom. The molecule has 0 aliphatic heterocycles. The van der Waals surface area contributed by atoms with E-state index in [9.17, 15) is 4.39 Å². The van der Waals surface area contributed by atoms with E-state index in [0.29, 0.717) is 15.9 Å². The SMILES string of the molecule is Cc1ccc(F)c(-c2cccc(Br)n2)c1. The number of aryl methyl sites for hydroxylation is 1. The zero-order valence-corrected chi connectivity index (χ0v) is 9.75. The Hall–Kier alpha value is -1.22. The molecule has 76 valence electrons. The molecule has 0 aliphatic carbocycles. The average Bonchev–Trinajstić information content (AvgIpc) is 2.22. The van der Waals surface area contributed by atoms with E-state index in [4.69, 9.17) is 0 Å². The molecule has 0 atom stereocenters. The Labute approximate surface area is 96.1 Å². The zero-order valence-electron chi connectivity index (χ0n) is 8.17. The van der Waals surface area contributed by atoms with E-state index in [2.05, 4.69) is 20.9 Å². The van der Waals surface area contributed by atoms with Crippen LogP contribution in [0.1, 0.15) is 5.56 Å². The lowest BCUT2D eigenvalue weighted by atomic mass is 10.1. The molecule has 0 amide bonds. The molecule has 2 aromatic rings. The number of rotatable bonds is 1. The number of hydrogen-bond donors (Lipinski definition) is 0. The predicted molar refractivity (Wildman–Crippen MR) is 62.1 cm³/mol. The molecule has 3 heteroatoms. The van der Waals surface area contributed by atoms with Gasteiger partial charge in [0.05, 0.1) is 5.69 Å². The molecule has 1 heterocycles. The molecule has 1 aromatic heterocycles. The second-order valence-corrected chi connectivity index (χ2v) is 4.14. The lowest BCUT2D eigenvalue weighted by Crippen LogP contribution is -1.89. The van der Waals surface area contributed by atoms with E-state index in [1.54, 1.807) is 18.2 Å². The second-order valence-electron chi connectivity index (χ2n) is 3.33. The van der Waals surface area contributed by atoms with Crippen LogP contribution in [0, 0.1) is 12.7 Å². The minimum absolute atomic E-state index is 0.244. The Kier molecular flexibility index (Phi) is 2.82. The summed E-state index contributed by atoms with van der Waals surface area (Å²) in [4.78, 5) is 4.22. The van der Waals surface area contributed by atoms with E-state index < -0.39 is 0 Å². The fraction of sp³-hybridized carbons (Fsp3) is 0.0833. The first-order chi connectivity index (χ1) is 7.16. The van der Waals surface area contributed by atoms with Gasteiger partial charge in [-0.25, -0.2) is 9.37 Å². The molecule has 0 fully saturated rings. The van der Waals surface area contributed by atoms with Gasteiger partial charge >= 0.3 is 0 Å². The van der Waals surface area contributed by atoms with Crippen LogP contribution in [0.2, 0.25) is 0 Å². The van der Waals surface area contributed by atoms with Gasteiger partial charge in [-0.15, -0.1) is 0 Å². The van der Waals surface area contributed by atoms with Gasteiger partial charge in [0.1, 0.15) is 10.4 Å². The molecule has 1 nitrogen and oxygen atoms in total. The van der Waals surface area contributed by atoms with E-state index in [1.807, 2.05) is 19.1 Å². The Bertz CT molecular complexity index is 497. The third-order valence-electron chi connectivity index (χ3n) is 2.11. The van der Waals surface area contributed by atoms with Crippen molar-refractivity contribution >= 4 is 15.9 Å². The first-order valence-electron chi connectivity index (χ1n) is 4.56. The van der Waals surface area contributed by atoms with Gasteiger partial charge in [0.2, 0.25) is 0 Å². The first-order valence-corrected chi connectivity index (χ1v) is 5.35. The van der Waals surface area contributed by atoms with Crippen LogP contribution in [0.3, 0.4) is 0 Å². The van der Waals surface area contributed by atoms with Crippen LogP contribution in [-0.4, -0.2) is 4.98 Å². The normalized spacial score (nSPS) is 10.3. The van der Waals surface area contributed by atoms with Crippen LogP contribution in [0.4, 0.5) is 4.39 Å². The largest absolute Gasteiger partial charge is 0.241 e. The summed E-state index contributed by atoms with van der Waals surface area (Å²) in [7, 11) is 0. The second kappa shape index (κ2) is 4.11.